The van der Waals surface area contributed by atoms with Crippen molar-refractivity contribution in [2.24, 2.45) is 11.8 Å². The summed E-state index contributed by atoms with van der Waals surface area (Å²) in [5, 5.41) is 0. The summed E-state index contributed by atoms with van der Waals surface area (Å²) in [6, 6.07) is 0. The summed E-state index contributed by atoms with van der Waals surface area (Å²) in [7, 11) is 0. The third-order valence-corrected chi connectivity index (χ3v) is 7.05. The van der Waals surface area contributed by atoms with Crippen LogP contribution in [0.15, 0.2) is 0 Å². The molecule has 0 aliphatic rings. The molecule has 2 unspecified atom stereocenters. The minimum absolute atomic E-state index is 0.0216. The maximum absolute atomic E-state index is 12.1. The molecule has 0 spiro atoms. The minimum Gasteiger partial charge on any atom is -0.465 e. The van der Waals surface area contributed by atoms with Crippen LogP contribution in [0.1, 0.15) is 163 Å². The van der Waals surface area contributed by atoms with Crippen LogP contribution in [0, 0.1) is 11.8 Å². The summed E-state index contributed by atoms with van der Waals surface area (Å²) in [6.07, 6.45) is 23.2. The average Bonchev–Trinajstić information content (AvgIpc) is 2.85. The van der Waals surface area contributed by atoms with Crippen LogP contribution in [0.5, 0.6) is 0 Å². The molecule has 0 bridgehead atoms. The van der Waals surface area contributed by atoms with E-state index in [0.717, 1.165) is 64.2 Å². The Labute approximate surface area is 218 Å². The van der Waals surface area contributed by atoms with Gasteiger partial charge in [0.25, 0.3) is 0 Å². The predicted molar refractivity (Wildman–Crippen MR) is 149 cm³/mol. The molecule has 0 aromatic rings. The van der Waals surface area contributed by atoms with Crippen molar-refractivity contribution >= 4 is 11.9 Å². The third-order valence-electron chi connectivity index (χ3n) is 7.05. The van der Waals surface area contributed by atoms with Crippen LogP contribution >= 0.6 is 0 Å². The first-order chi connectivity index (χ1) is 17.1. The van der Waals surface area contributed by atoms with Gasteiger partial charge in [0.1, 0.15) is 0 Å². The van der Waals surface area contributed by atoms with E-state index in [1.807, 2.05) is 0 Å². The number of carbonyl (C=O) groups is 2. The molecule has 0 aliphatic heterocycles. The molecule has 0 saturated carbocycles. The number of rotatable bonds is 26. The molecule has 0 amide bonds. The van der Waals surface area contributed by atoms with Crippen LogP contribution in [-0.2, 0) is 19.1 Å². The molecule has 0 rings (SSSR count). The SMILES string of the molecule is CCCCCC(CCC)COC(=O)CCCCCCCCCC(=O)OCC(CCC)CCCCC. The van der Waals surface area contributed by atoms with Gasteiger partial charge in [0.05, 0.1) is 13.2 Å². The molecule has 0 fully saturated rings. The Kier molecular flexibility index (Phi) is 25.2. The van der Waals surface area contributed by atoms with E-state index in [2.05, 4.69) is 27.7 Å². The molecule has 0 aliphatic carbocycles. The van der Waals surface area contributed by atoms with E-state index >= 15 is 0 Å². The highest BCUT2D eigenvalue weighted by Gasteiger charge is 2.12. The molecular formula is C31H60O4. The average molecular weight is 497 g/mol. The molecule has 4 heteroatoms. The van der Waals surface area contributed by atoms with Crippen LogP contribution in [-0.4, -0.2) is 25.2 Å². The van der Waals surface area contributed by atoms with Crippen LogP contribution in [0.4, 0.5) is 0 Å². The van der Waals surface area contributed by atoms with E-state index in [0.29, 0.717) is 37.9 Å². The van der Waals surface area contributed by atoms with Gasteiger partial charge in [-0.2, -0.15) is 0 Å². The molecule has 0 heterocycles. The second-order valence-electron chi connectivity index (χ2n) is 10.6. The normalized spacial score (nSPS) is 12.9. The van der Waals surface area contributed by atoms with E-state index in [4.69, 9.17) is 9.47 Å². The minimum atomic E-state index is -0.0216. The molecule has 0 N–H and O–H groups in total. The Bertz CT molecular complexity index is 435. The smallest absolute Gasteiger partial charge is 0.305 e. The predicted octanol–water partition coefficient (Wildman–Crippen LogP) is 9.58. The zero-order valence-electron chi connectivity index (χ0n) is 24.1. The van der Waals surface area contributed by atoms with Crippen molar-refractivity contribution in [1.29, 1.82) is 0 Å². The molecule has 2 atom stereocenters. The van der Waals surface area contributed by atoms with Gasteiger partial charge in [0, 0.05) is 12.8 Å². The van der Waals surface area contributed by atoms with E-state index in [1.165, 1.54) is 57.8 Å². The lowest BCUT2D eigenvalue weighted by Crippen LogP contribution is -2.14. The Morgan fingerprint density at radius 3 is 1.17 bits per heavy atom. The largest absolute Gasteiger partial charge is 0.465 e. The van der Waals surface area contributed by atoms with E-state index < -0.39 is 0 Å². The standard InChI is InChI=1S/C31H60O4/c1-5-9-16-22-28(20-7-3)26-34-30(32)24-18-14-12-11-13-15-19-25-31(33)35-27-29(21-8-4)23-17-10-6-2/h28-29H,5-27H2,1-4H3. The van der Waals surface area contributed by atoms with Gasteiger partial charge in [-0.05, 0) is 50.4 Å². The second kappa shape index (κ2) is 26.0. The first kappa shape index (κ1) is 33.9. The maximum atomic E-state index is 12.1. The summed E-state index contributed by atoms with van der Waals surface area (Å²) >= 11 is 0. The second-order valence-corrected chi connectivity index (χ2v) is 10.6. The van der Waals surface area contributed by atoms with Crippen LogP contribution in [0.3, 0.4) is 0 Å². The first-order valence-electron chi connectivity index (χ1n) is 15.4. The monoisotopic (exact) mass is 496 g/mol. The molecule has 4 nitrogen and oxygen atoms in total. The van der Waals surface area contributed by atoms with Crippen LogP contribution in [0.2, 0.25) is 0 Å². The highest BCUT2D eigenvalue weighted by molar-refractivity contribution is 5.69. The van der Waals surface area contributed by atoms with Gasteiger partial charge in [0.2, 0.25) is 0 Å². The van der Waals surface area contributed by atoms with Crippen molar-refractivity contribution in [3.05, 3.63) is 0 Å². The van der Waals surface area contributed by atoms with Crippen molar-refractivity contribution in [3.63, 3.8) is 0 Å². The summed E-state index contributed by atoms with van der Waals surface area (Å²) in [4.78, 5) is 24.1. The van der Waals surface area contributed by atoms with Gasteiger partial charge < -0.3 is 9.47 Å². The van der Waals surface area contributed by atoms with Crippen molar-refractivity contribution < 1.29 is 19.1 Å². The fourth-order valence-corrected chi connectivity index (χ4v) is 4.79. The number of hydrogen-bond donors (Lipinski definition) is 0. The Morgan fingerprint density at radius 1 is 0.457 bits per heavy atom. The van der Waals surface area contributed by atoms with Crippen molar-refractivity contribution in [1.82, 2.24) is 0 Å². The number of carbonyl (C=O) groups excluding carboxylic acids is 2. The Morgan fingerprint density at radius 2 is 0.829 bits per heavy atom. The Hall–Kier alpha value is -1.06. The van der Waals surface area contributed by atoms with Gasteiger partial charge in [-0.15, -0.1) is 0 Å². The quantitative estimate of drug-likeness (QED) is 0.0883. The fraction of sp³-hybridized carbons (Fsp3) is 0.935. The Balaban J connectivity index is 3.66. The van der Waals surface area contributed by atoms with Crippen LogP contribution < -0.4 is 0 Å². The fourth-order valence-electron chi connectivity index (χ4n) is 4.79. The van der Waals surface area contributed by atoms with Crippen molar-refractivity contribution in [3.8, 4) is 0 Å². The van der Waals surface area contributed by atoms with E-state index in [1.54, 1.807) is 0 Å². The van der Waals surface area contributed by atoms with Crippen molar-refractivity contribution in [2.75, 3.05) is 13.2 Å². The molecule has 0 aromatic carbocycles. The van der Waals surface area contributed by atoms with Crippen molar-refractivity contribution in [2.45, 2.75) is 163 Å². The zero-order valence-corrected chi connectivity index (χ0v) is 24.1. The lowest BCUT2D eigenvalue weighted by atomic mass is 9.97. The topological polar surface area (TPSA) is 52.6 Å². The van der Waals surface area contributed by atoms with Crippen LogP contribution in [0.25, 0.3) is 0 Å². The summed E-state index contributed by atoms with van der Waals surface area (Å²) in [5.74, 6) is 1.03. The van der Waals surface area contributed by atoms with Gasteiger partial charge in [-0.3, -0.25) is 9.59 Å². The van der Waals surface area contributed by atoms with E-state index in [9.17, 15) is 9.59 Å². The van der Waals surface area contributed by atoms with Gasteiger partial charge in [-0.25, -0.2) is 0 Å². The summed E-state index contributed by atoms with van der Waals surface area (Å²) in [6.45, 7) is 10.1. The number of esters is 2. The number of unbranched alkanes of at least 4 members (excludes halogenated alkanes) is 10. The highest BCUT2D eigenvalue weighted by atomic mass is 16.5. The molecule has 35 heavy (non-hydrogen) atoms. The number of ether oxygens (including phenoxy) is 2. The molecule has 208 valence electrons. The molecule has 0 radical (unpaired) electrons. The summed E-state index contributed by atoms with van der Waals surface area (Å²) in [5.41, 5.74) is 0. The molecule has 0 aromatic heterocycles. The first-order valence-corrected chi connectivity index (χ1v) is 15.4. The third kappa shape index (κ3) is 23.1. The van der Waals surface area contributed by atoms with Gasteiger partial charge in [0.15, 0.2) is 0 Å². The highest BCUT2D eigenvalue weighted by Crippen LogP contribution is 2.18. The van der Waals surface area contributed by atoms with Gasteiger partial charge >= 0.3 is 11.9 Å². The lowest BCUT2D eigenvalue weighted by Gasteiger charge is -2.16. The lowest BCUT2D eigenvalue weighted by molar-refractivity contribution is -0.146. The van der Waals surface area contributed by atoms with Gasteiger partial charge in [-0.1, -0.05) is 111 Å². The maximum Gasteiger partial charge on any atom is 0.305 e. The summed E-state index contributed by atoms with van der Waals surface area (Å²) < 4.78 is 11.1. The molecule has 0 saturated heterocycles. The number of hydrogen-bond acceptors (Lipinski definition) is 4. The van der Waals surface area contributed by atoms with E-state index in [-0.39, 0.29) is 11.9 Å². The zero-order chi connectivity index (χ0) is 26.0. The molecular weight excluding hydrogens is 436 g/mol.